The second-order valence-corrected chi connectivity index (χ2v) is 4.59. The largest absolute Gasteiger partial charge is 0.383 e. The van der Waals surface area contributed by atoms with Gasteiger partial charge in [-0.15, -0.1) is 0 Å². The molecule has 1 aliphatic carbocycles. The predicted molar refractivity (Wildman–Crippen MR) is 64.4 cm³/mol. The van der Waals surface area contributed by atoms with Crippen molar-refractivity contribution in [2.75, 3.05) is 20.3 Å². The fourth-order valence-electron chi connectivity index (χ4n) is 2.11. The van der Waals surface area contributed by atoms with Gasteiger partial charge in [-0.05, 0) is 18.8 Å². The maximum Gasteiger partial charge on any atom is 0.309 e. The maximum atomic E-state index is 11.6. The third kappa shape index (κ3) is 4.73. The van der Waals surface area contributed by atoms with Gasteiger partial charge in [-0.2, -0.15) is 0 Å². The molecular formula is C12H22N2O3. The van der Waals surface area contributed by atoms with Gasteiger partial charge in [-0.3, -0.25) is 9.59 Å². The van der Waals surface area contributed by atoms with E-state index in [1.807, 2.05) is 0 Å². The number of rotatable bonds is 4. The van der Waals surface area contributed by atoms with Crippen molar-refractivity contribution in [1.29, 1.82) is 0 Å². The first-order valence-electron chi connectivity index (χ1n) is 6.22. The highest BCUT2D eigenvalue weighted by atomic mass is 16.5. The number of hydrogen-bond donors (Lipinski definition) is 2. The molecule has 2 amide bonds. The van der Waals surface area contributed by atoms with Crippen molar-refractivity contribution in [2.24, 2.45) is 5.92 Å². The Kier molecular flexibility index (Phi) is 5.97. The van der Waals surface area contributed by atoms with E-state index < -0.39 is 11.8 Å². The van der Waals surface area contributed by atoms with Crippen LogP contribution in [0.25, 0.3) is 0 Å². The Bertz CT molecular complexity index is 268. The van der Waals surface area contributed by atoms with Crippen LogP contribution in [0.2, 0.25) is 0 Å². The van der Waals surface area contributed by atoms with Crippen LogP contribution in [-0.4, -0.2) is 38.1 Å². The fourth-order valence-corrected chi connectivity index (χ4v) is 2.11. The highest BCUT2D eigenvalue weighted by Crippen LogP contribution is 2.23. The molecule has 0 aromatic rings. The zero-order chi connectivity index (χ0) is 12.7. The van der Waals surface area contributed by atoms with Crippen molar-refractivity contribution >= 4 is 11.8 Å². The topological polar surface area (TPSA) is 67.4 Å². The van der Waals surface area contributed by atoms with E-state index in [2.05, 4.69) is 17.6 Å². The summed E-state index contributed by atoms with van der Waals surface area (Å²) in [6, 6.07) is 0.143. The molecule has 0 bridgehead atoms. The van der Waals surface area contributed by atoms with Gasteiger partial charge in [0, 0.05) is 19.7 Å². The van der Waals surface area contributed by atoms with Crippen molar-refractivity contribution in [3.63, 3.8) is 0 Å². The molecule has 0 aliphatic heterocycles. The summed E-state index contributed by atoms with van der Waals surface area (Å²) < 4.78 is 4.79. The first-order valence-corrected chi connectivity index (χ1v) is 6.22. The van der Waals surface area contributed by atoms with E-state index in [1.54, 1.807) is 7.11 Å². The number of carbonyl (C=O) groups is 2. The predicted octanol–water partition coefficient (Wildman–Crippen LogP) is 0.444. The number of methoxy groups -OCH3 is 1. The van der Waals surface area contributed by atoms with Crippen molar-refractivity contribution in [3.05, 3.63) is 0 Å². The standard InChI is InChI=1S/C12H22N2O3/c1-9-5-3-4-6-10(9)14-12(16)11(15)13-7-8-17-2/h9-10H,3-8H2,1-2H3,(H,13,15)(H,14,16)/t9-,10+/m0/s1. The molecule has 17 heavy (non-hydrogen) atoms. The Labute approximate surface area is 102 Å². The second kappa shape index (κ2) is 7.27. The molecule has 0 aromatic heterocycles. The second-order valence-electron chi connectivity index (χ2n) is 4.59. The van der Waals surface area contributed by atoms with Gasteiger partial charge in [0.2, 0.25) is 0 Å². The van der Waals surface area contributed by atoms with E-state index in [0.29, 0.717) is 19.1 Å². The molecule has 0 spiro atoms. The minimum absolute atomic E-state index is 0.143. The van der Waals surface area contributed by atoms with Crippen molar-refractivity contribution in [1.82, 2.24) is 10.6 Å². The maximum absolute atomic E-state index is 11.6. The lowest BCUT2D eigenvalue weighted by Crippen LogP contribution is -2.48. The average molecular weight is 242 g/mol. The van der Waals surface area contributed by atoms with Gasteiger partial charge in [0.25, 0.3) is 0 Å². The van der Waals surface area contributed by atoms with Crippen LogP contribution in [0.5, 0.6) is 0 Å². The van der Waals surface area contributed by atoms with Gasteiger partial charge in [0.05, 0.1) is 6.61 Å². The van der Waals surface area contributed by atoms with Crippen LogP contribution in [0.15, 0.2) is 0 Å². The van der Waals surface area contributed by atoms with Gasteiger partial charge in [-0.1, -0.05) is 19.8 Å². The van der Waals surface area contributed by atoms with Crippen LogP contribution in [0.4, 0.5) is 0 Å². The summed E-state index contributed by atoms with van der Waals surface area (Å²) in [5.41, 5.74) is 0. The van der Waals surface area contributed by atoms with E-state index in [0.717, 1.165) is 19.3 Å². The molecule has 0 radical (unpaired) electrons. The van der Waals surface area contributed by atoms with E-state index >= 15 is 0 Å². The minimum atomic E-state index is -0.570. The molecule has 0 saturated heterocycles. The summed E-state index contributed by atoms with van der Waals surface area (Å²) in [4.78, 5) is 23.0. The first kappa shape index (κ1) is 14.0. The van der Waals surface area contributed by atoms with E-state index in [1.165, 1.54) is 6.42 Å². The van der Waals surface area contributed by atoms with E-state index in [-0.39, 0.29) is 6.04 Å². The number of hydrogen-bond acceptors (Lipinski definition) is 3. The van der Waals surface area contributed by atoms with Crippen LogP contribution in [0.3, 0.4) is 0 Å². The molecule has 1 aliphatic rings. The number of ether oxygens (including phenoxy) is 1. The molecule has 2 atom stereocenters. The lowest BCUT2D eigenvalue weighted by molar-refractivity contribution is -0.140. The van der Waals surface area contributed by atoms with Crippen LogP contribution in [0, 0.1) is 5.92 Å². The number of amides is 2. The SMILES string of the molecule is COCCNC(=O)C(=O)N[C@@H]1CCCC[C@@H]1C. The molecule has 5 heteroatoms. The Morgan fingerprint density at radius 2 is 1.94 bits per heavy atom. The lowest BCUT2D eigenvalue weighted by Gasteiger charge is -2.29. The number of nitrogens with one attached hydrogen (secondary N) is 2. The van der Waals surface area contributed by atoms with Gasteiger partial charge < -0.3 is 15.4 Å². The Hall–Kier alpha value is -1.10. The van der Waals surface area contributed by atoms with Gasteiger partial charge >= 0.3 is 11.8 Å². The molecule has 0 heterocycles. The fraction of sp³-hybridized carbons (Fsp3) is 0.833. The molecule has 98 valence electrons. The third-order valence-corrected chi connectivity index (χ3v) is 3.23. The van der Waals surface area contributed by atoms with Crippen LogP contribution < -0.4 is 10.6 Å². The summed E-state index contributed by atoms with van der Waals surface area (Å²) in [6.07, 6.45) is 4.43. The monoisotopic (exact) mass is 242 g/mol. The zero-order valence-corrected chi connectivity index (χ0v) is 10.6. The molecule has 1 saturated carbocycles. The van der Waals surface area contributed by atoms with E-state index in [9.17, 15) is 9.59 Å². The summed E-state index contributed by atoms with van der Waals surface area (Å²) in [5.74, 6) is -0.640. The van der Waals surface area contributed by atoms with Gasteiger partial charge in [0.1, 0.15) is 0 Å². The smallest absolute Gasteiger partial charge is 0.309 e. The lowest BCUT2D eigenvalue weighted by atomic mass is 9.86. The van der Waals surface area contributed by atoms with Gasteiger partial charge in [-0.25, -0.2) is 0 Å². The van der Waals surface area contributed by atoms with Crippen LogP contribution in [-0.2, 0) is 14.3 Å². The quantitative estimate of drug-likeness (QED) is 0.555. The molecule has 2 N–H and O–H groups in total. The Balaban J connectivity index is 2.29. The average Bonchev–Trinajstić information content (AvgIpc) is 2.32. The van der Waals surface area contributed by atoms with Crippen molar-refractivity contribution in [3.8, 4) is 0 Å². The molecule has 1 rings (SSSR count). The van der Waals surface area contributed by atoms with E-state index in [4.69, 9.17) is 4.74 Å². The molecule has 0 unspecified atom stereocenters. The van der Waals surface area contributed by atoms with Gasteiger partial charge in [0.15, 0.2) is 0 Å². The molecule has 1 fully saturated rings. The normalized spacial score (nSPS) is 24.1. The first-order chi connectivity index (χ1) is 8.15. The summed E-state index contributed by atoms with van der Waals surface area (Å²) in [5, 5.41) is 5.32. The highest BCUT2D eigenvalue weighted by molar-refractivity contribution is 6.35. The zero-order valence-electron chi connectivity index (χ0n) is 10.6. The Morgan fingerprint density at radius 1 is 1.24 bits per heavy atom. The highest BCUT2D eigenvalue weighted by Gasteiger charge is 2.25. The minimum Gasteiger partial charge on any atom is -0.383 e. The molecule has 5 nitrogen and oxygen atoms in total. The molecule has 0 aromatic carbocycles. The van der Waals surface area contributed by atoms with Crippen molar-refractivity contribution < 1.29 is 14.3 Å². The summed E-state index contributed by atoms with van der Waals surface area (Å²) in [6.45, 7) is 2.90. The summed E-state index contributed by atoms with van der Waals surface area (Å²) in [7, 11) is 1.55. The third-order valence-electron chi connectivity index (χ3n) is 3.23. The summed E-state index contributed by atoms with van der Waals surface area (Å²) >= 11 is 0. The molecular weight excluding hydrogens is 220 g/mol. The van der Waals surface area contributed by atoms with Crippen LogP contribution in [0.1, 0.15) is 32.6 Å². The van der Waals surface area contributed by atoms with Crippen LogP contribution >= 0.6 is 0 Å². The Morgan fingerprint density at radius 3 is 2.59 bits per heavy atom. The number of carbonyl (C=O) groups excluding carboxylic acids is 2. The van der Waals surface area contributed by atoms with Crippen molar-refractivity contribution in [2.45, 2.75) is 38.6 Å².